The Labute approximate surface area is 746 Å². The minimum atomic E-state index is -3.77. The van der Waals surface area contributed by atoms with Gasteiger partial charge in [0.25, 0.3) is 20.2 Å². The molecule has 3 aliphatic heterocycles. The Bertz CT molecular complexity index is 3920. The van der Waals surface area contributed by atoms with E-state index in [1.807, 2.05) is 92.6 Å². The Morgan fingerprint density at radius 2 is 0.852 bits per heavy atom. The quantitative estimate of drug-likeness (QED) is 0.00558. The summed E-state index contributed by atoms with van der Waals surface area (Å²) in [5, 5.41) is 49.8. The first-order valence-electron chi connectivity index (χ1n) is 39.5. The predicted molar refractivity (Wildman–Crippen MR) is 501 cm³/mol. The first-order chi connectivity index (χ1) is 55.6. The van der Waals surface area contributed by atoms with E-state index >= 15 is 0 Å². The summed E-state index contributed by atoms with van der Waals surface area (Å²) in [6.07, 6.45) is 24.0. The second-order valence-electron chi connectivity index (χ2n) is 27.1. The summed E-state index contributed by atoms with van der Waals surface area (Å²) in [5.74, 6) is 12.7. The molecule has 23 heteroatoms. The molecule has 0 spiro atoms. The van der Waals surface area contributed by atoms with E-state index in [1.54, 1.807) is 65.7 Å². The molecule has 0 radical (unpaired) electrons. The van der Waals surface area contributed by atoms with E-state index in [0.29, 0.717) is 25.7 Å². The number of aryl methyl sites for hydroxylation is 8. The average Bonchev–Trinajstić information content (AvgIpc) is 1.74. The first kappa shape index (κ1) is 108. The van der Waals surface area contributed by atoms with Crippen LogP contribution in [0.2, 0.25) is 0 Å². The number of benzene rings is 7. The Morgan fingerprint density at radius 1 is 0.539 bits per heavy atom. The van der Waals surface area contributed by atoms with E-state index in [2.05, 4.69) is 156 Å². The van der Waals surface area contributed by atoms with Crippen molar-refractivity contribution in [3.8, 4) is 42.1 Å². The summed E-state index contributed by atoms with van der Waals surface area (Å²) in [4.78, 5) is 2.79. The molecular weight excluding hydrogens is 1870 g/mol. The molecule has 0 atom stereocenters. The first-order valence-corrected chi connectivity index (χ1v) is 45.2. The number of hydrogen-bond donors (Lipinski definition) is 5. The van der Waals surface area contributed by atoms with Gasteiger partial charge >= 0.3 is 0 Å². The third-order valence-electron chi connectivity index (χ3n) is 19.1. The van der Waals surface area contributed by atoms with Crippen molar-refractivity contribution in [2.45, 2.75) is 160 Å². The largest absolute Gasteiger partial charge is 0.455 e. The molecule has 7 aromatic rings. The Morgan fingerprint density at radius 3 is 1.15 bits per heavy atom. The van der Waals surface area contributed by atoms with Gasteiger partial charge in [-0.1, -0.05) is 169 Å². The highest BCUT2D eigenvalue weighted by molar-refractivity contribution is 14.1. The van der Waals surface area contributed by atoms with E-state index in [-0.39, 0.29) is 66.9 Å². The zero-order valence-corrected chi connectivity index (χ0v) is 77.8. The lowest BCUT2D eigenvalue weighted by atomic mass is 9.98. The smallest absolute Gasteiger partial charge is 0.296 e. The summed E-state index contributed by atoms with van der Waals surface area (Å²) < 4.78 is 70.5. The minimum Gasteiger partial charge on any atom is -0.455 e. The summed E-state index contributed by atoms with van der Waals surface area (Å²) in [6.45, 7) is 29.7. The molecule has 115 heavy (non-hydrogen) atoms. The summed E-state index contributed by atoms with van der Waals surface area (Å²) in [5.41, 5.74) is 11.5. The number of nitrogens with zero attached hydrogens (tertiary/aromatic N) is 4. The number of hydrogen-bond acceptors (Lipinski definition) is 13. The minimum absolute atomic E-state index is 0. The van der Waals surface area contributed by atoms with Gasteiger partial charge in [-0.05, 0) is 263 Å². The molecule has 7 aromatic carbocycles. The van der Waals surface area contributed by atoms with Gasteiger partial charge in [0.05, 0.1) is 73.7 Å². The van der Waals surface area contributed by atoms with Crippen LogP contribution in [0.1, 0.15) is 153 Å². The van der Waals surface area contributed by atoms with Gasteiger partial charge in [0, 0.05) is 57.7 Å². The van der Waals surface area contributed by atoms with Crippen LogP contribution in [-0.4, -0.2) is 179 Å². The van der Waals surface area contributed by atoms with Gasteiger partial charge in [0.15, 0.2) is 0 Å². The van der Waals surface area contributed by atoms with Crippen LogP contribution in [0.25, 0.3) is 0 Å². The lowest BCUT2D eigenvalue weighted by Gasteiger charge is -2.42. The van der Waals surface area contributed by atoms with E-state index in [9.17, 15) is 16.8 Å². The van der Waals surface area contributed by atoms with Crippen molar-refractivity contribution in [1.82, 2.24) is 4.90 Å². The van der Waals surface area contributed by atoms with Gasteiger partial charge in [-0.25, -0.2) is 0 Å². The molecule has 10 rings (SSSR count). The van der Waals surface area contributed by atoms with Gasteiger partial charge in [0.2, 0.25) is 0 Å². The molecule has 0 amide bonds. The maximum Gasteiger partial charge on any atom is 0.296 e. The highest BCUT2D eigenvalue weighted by atomic mass is 127. The normalized spacial score (nSPS) is 13.2. The molecule has 3 saturated heterocycles. The van der Waals surface area contributed by atoms with Gasteiger partial charge in [0.1, 0.15) is 20.4 Å². The second kappa shape index (κ2) is 67.7. The van der Waals surface area contributed by atoms with Gasteiger partial charge in [-0.2, -0.15) is 22.1 Å². The number of aliphatic hydroxyl groups is 5. The van der Waals surface area contributed by atoms with Crippen LogP contribution in [0.15, 0.2) is 180 Å². The zero-order valence-electron chi connectivity index (χ0n) is 69.2. The molecular formula is C92H127Cl2I3N4O12S2. The Kier molecular flexibility index (Phi) is 63.5. The Balaban J connectivity index is 0.00000142. The van der Waals surface area contributed by atoms with Crippen LogP contribution in [0, 0.1) is 81.8 Å². The lowest BCUT2D eigenvalue weighted by Crippen LogP contribution is -2.45. The van der Waals surface area contributed by atoms with E-state index in [1.165, 1.54) is 181 Å². The maximum atomic E-state index is 12.3. The highest BCUT2D eigenvalue weighted by Crippen LogP contribution is 2.26. The van der Waals surface area contributed by atoms with Gasteiger partial charge in [-0.15, -0.1) is 66.9 Å². The molecule has 3 fully saturated rings. The van der Waals surface area contributed by atoms with E-state index in [4.69, 9.17) is 63.0 Å². The van der Waals surface area contributed by atoms with Crippen LogP contribution in [-0.2, 0) is 67.1 Å². The fourth-order valence-electron chi connectivity index (χ4n) is 12.9. The fraction of sp³-hybridized carbons (Fsp3) is 0.446. The van der Waals surface area contributed by atoms with E-state index < -0.39 is 20.2 Å². The van der Waals surface area contributed by atoms with Crippen molar-refractivity contribution in [2.24, 2.45) is 0 Å². The monoisotopic (exact) mass is 2000 g/mol. The molecule has 0 aliphatic carbocycles. The molecule has 0 unspecified atom stereocenters. The number of alkyl halides is 2. The standard InChI is InChI=1S/C26H30O6S2.C24H40N2.C12H18O2.C12H10O2.C6H4I2.C6H13N.C3H4O.C2H3N.CH2Cl2.HI.H2O/c1-21-11-15-25(16-12-21)33(27,28)31-19-5-9-23-7-3-4-8-24(23)10-6-20-32-34(29,30)26-17-13-22(2)14-18-26;1-3-25(17-7-8-18-25)21-11-15-23-13-5-6-14-24(23)16-12-22-26(4-2)19-9-10-20-26;2*13-9-3-7-11-5-1-2-6-12(11)8-4-10-14;7-5-3-1-2-4-6(5)8;1-2-7-5-3-4-6-7;1-2-3-4;1-2-3;2-1-3;;/h3-4,7-8,11-18H,5-6,9-10,19-20H2,1-2H3;4-6,13-14H,1,3,7-12,15-22H2,2H3;1-2,5-6,13-14H,3-4,7-10H2;1-2,5-6,13-14H,9-10H2;1-4H;2-6H2,1H3;1,4H,3H2;1H3;1H2;1H;1H2/i/hD. The molecule has 0 saturated carbocycles. The number of rotatable bonds is 29. The van der Waals surface area contributed by atoms with Gasteiger partial charge < -0.3 is 44.9 Å². The molecule has 0 bridgehead atoms. The number of terminal acetylenes is 1. The van der Waals surface area contributed by atoms with Crippen molar-refractivity contribution in [3.63, 3.8) is 0 Å². The number of likely N-dealkylation sites (tertiary alicyclic amines) is 3. The highest BCUT2D eigenvalue weighted by Gasteiger charge is 2.28. The summed E-state index contributed by atoms with van der Waals surface area (Å²) in [7, 11) is -7.54. The zero-order chi connectivity index (χ0) is 85.3. The lowest BCUT2D eigenvalue weighted by molar-refractivity contribution is -0.912. The van der Waals surface area contributed by atoms with Crippen molar-refractivity contribution < 1.29 is 65.2 Å². The van der Waals surface area contributed by atoms with Crippen LogP contribution < -0.4 is 0 Å². The fourth-order valence-corrected chi connectivity index (χ4v) is 15.6. The van der Waals surface area contributed by atoms with Crippen molar-refractivity contribution in [2.75, 3.05) is 117 Å². The van der Waals surface area contributed by atoms with Gasteiger partial charge in [-0.3, -0.25) is 15.3 Å². The van der Waals surface area contributed by atoms with Crippen LogP contribution in [0.3, 0.4) is 0 Å². The van der Waals surface area contributed by atoms with Crippen molar-refractivity contribution >= 4 is 112 Å². The van der Waals surface area contributed by atoms with Crippen molar-refractivity contribution in [3.05, 3.63) is 246 Å². The second-order valence-corrected chi connectivity index (χ2v) is 33.4. The molecule has 634 valence electrons. The molecule has 16 nitrogen and oxygen atoms in total. The van der Waals surface area contributed by atoms with Crippen LogP contribution >= 0.6 is 92.2 Å². The number of halogens is 5. The Hall–Kier alpha value is -5.06. The molecule has 3 heterocycles. The summed E-state index contributed by atoms with van der Waals surface area (Å²) in [6, 6.07) is 55.8. The maximum absolute atomic E-state index is 12.3. The predicted octanol–water partition coefficient (Wildman–Crippen LogP) is 17.0. The summed E-state index contributed by atoms with van der Waals surface area (Å²) >= 11 is 15.6. The third kappa shape index (κ3) is 47.5. The SMILES string of the molecule is C#CCO.CC#N.CCN1CCCC1.Cc1ccc(S(=O)(=O)OCCCc2ccccc2CCCOS(=O)(=O)c2ccc(C)cc2)cc1.ClCCl.Ic1ccccc1I.O.OCC#Cc1ccccc1C#CCO.OCCCc1ccccc1CCCO.[2H]I.[CH2-]C[N+]1(CCCc2ccccc2CCC[N+]2([CH-]C)CCCC2)CCCC1. The molecule has 0 aromatic heterocycles. The topological polar surface area (TPSA) is 246 Å². The van der Waals surface area contributed by atoms with Crippen LogP contribution in [0.4, 0.5) is 0 Å². The van der Waals surface area contributed by atoms with E-state index in [0.717, 1.165) is 65.6 Å². The third-order valence-corrected chi connectivity index (χ3v) is 24.6. The molecule has 7 N–H and O–H groups in total. The molecule has 3 aliphatic rings. The number of nitriles is 1. The number of aliphatic hydroxyl groups excluding tert-OH is 5. The van der Waals surface area contributed by atoms with Crippen molar-refractivity contribution in [1.29, 1.82) is 5.86 Å². The van der Waals surface area contributed by atoms with Crippen LogP contribution in [0.5, 0.6) is 0 Å². The average molecular weight is 2000 g/mol. The number of quaternary nitrogens is 2.